The van der Waals surface area contributed by atoms with Crippen LogP contribution in [0.5, 0.6) is 0 Å². The number of carboxylic acid groups (broad SMARTS) is 1. The topological polar surface area (TPSA) is 92.4 Å². The summed E-state index contributed by atoms with van der Waals surface area (Å²) in [7, 11) is 0. The summed E-state index contributed by atoms with van der Waals surface area (Å²) in [6.45, 7) is 0.569. The minimum atomic E-state index is -0.975. The molecule has 0 aliphatic rings. The highest BCUT2D eigenvalue weighted by Crippen LogP contribution is 2.02. The van der Waals surface area contributed by atoms with Crippen molar-refractivity contribution < 1.29 is 14.7 Å². The lowest BCUT2D eigenvalue weighted by molar-refractivity contribution is -0.138. The second kappa shape index (κ2) is 9.09. The fourth-order valence-corrected chi connectivity index (χ4v) is 1.83. The van der Waals surface area contributed by atoms with Gasteiger partial charge < -0.3 is 16.2 Å². The molecule has 1 atom stereocenters. The van der Waals surface area contributed by atoms with Crippen LogP contribution in [0.15, 0.2) is 30.3 Å². The van der Waals surface area contributed by atoms with Gasteiger partial charge in [-0.05, 0) is 31.2 Å². The third kappa shape index (κ3) is 6.89. The number of nitrogens with one attached hydrogen (secondary N) is 1. The molecule has 0 saturated heterocycles. The highest BCUT2D eigenvalue weighted by Gasteiger charge is 2.10. The third-order valence-electron chi connectivity index (χ3n) is 3.06. The van der Waals surface area contributed by atoms with E-state index in [2.05, 4.69) is 5.32 Å². The van der Waals surface area contributed by atoms with E-state index in [0.717, 1.165) is 18.4 Å². The molecule has 0 aliphatic carbocycles. The van der Waals surface area contributed by atoms with E-state index in [0.29, 0.717) is 25.8 Å². The molecular weight excluding hydrogens is 256 g/mol. The first-order valence-corrected chi connectivity index (χ1v) is 6.88. The number of benzene rings is 1. The number of amides is 1. The molecule has 20 heavy (non-hydrogen) atoms. The Morgan fingerprint density at radius 3 is 2.55 bits per heavy atom. The SMILES string of the molecule is N[C@H](CCCCNC(=O)CCc1ccccc1)C(=O)O. The summed E-state index contributed by atoms with van der Waals surface area (Å²) < 4.78 is 0. The molecule has 5 heteroatoms. The van der Waals surface area contributed by atoms with Gasteiger partial charge in [0.15, 0.2) is 0 Å². The zero-order valence-electron chi connectivity index (χ0n) is 11.5. The van der Waals surface area contributed by atoms with Gasteiger partial charge in [0.05, 0.1) is 0 Å². The van der Waals surface area contributed by atoms with Crippen molar-refractivity contribution in [3.05, 3.63) is 35.9 Å². The zero-order valence-corrected chi connectivity index (χ0v) is 11.5. The fraction of sp³-hybridized carbons (Fsp3) is 0.467. The molecule has 4 N–H and O–H groups in total. The number of rotatable bonds is 9. The molecule has 0 radical (unpaired) electrons. The molecule has 0 unspecified atom stereocenters. The molecule has 5 nitrogen and oxygen atoms in total. The average Bonchev–Trinajstić information content (AvgIpc) is 2.45. The van der Waals surface area contributed by atoms with Gasteiger partial charge in [0.1, 0.15) is 6.04 Å². The van der Waals surface area contributed by atoms with Crippen molar-refractivity contribution in [3.8, 4) is 0 Å². The summed E-state index contributed by atoms with van der Waals surface area (Å²) in [4.78, 5) is 22.1. The molecule has 0 aliphatic heterocycles. The number of carbonyl (C=O) groups is 2. The van der Waals surface area contributed by atoms with E-state index in [-0.39, 0.29) is 5.91 Å². The second-order valence-corrected chi connectivity index (χ2v) is 4.78. The van der Waals surface area contributed by atoms with Gasteiger partial charge >= 0.3 is 5.97 Å². The van der Waals surface area contributed by atoms with Gasteiger partial charge in [-0.3, -0.25) is 9.59 Å². The van der Waals surface area contributed by atoms with E-state index in [9.17, 15) is 9.59 Å². The normalized spacial score (nSPS) is 11.8. The molecule has 0 fully saturated rings. The molecule has 0 bridgehead atoms. The quantitative estimate of drug-likeness (QED) is 0.594. The molecule has 0 saturated carbocycles. The predicted octanol–water partition coefficient (Wildman–Crippen LogP) is 1.32. The maximum absolute atomic E-state index is 11.6. The van der Waals surface area contributed by atoms with Crippen LogP contribution in [0.2, 0.25) is 0 Å². The zero-order chi connectivity index (χ0) is 14.8. The lowest BCUT2D eigenvalue weighted by atomic mass is 10.1. The van der Waals surface area contributed by atoms with E-state index >= 15 is 0 Å². The molecule has 1 rings (SSSR count). The largest absolute Gasteiger partial charge is 0.480 e. The van der Waals surface area contributed by atoms with Crippen LogP contribution in [-0.4, -0.2) is 29.6 Å². The first kappa shape index (κ1) is 16.2. The lowest BCUT2D eigenvalue weighted by Crippen LogP contribution is -2.30. The minimum absolute atomic E-state index is 0.0244. The van der Waals surface area contributed by atoms with Crippen LogP contribution in [0.1, 0.15) is 31.2 Å². The Kier molecular flexibility index (Phi) is 7.35. The average molecular weight is 278 g/mol. The van der Waals surface area contributed by atoms with Crippen molar-refractivity contribution in [1.29, 1.82) is 0 Å². The summed E-state index contributed by atoms with van der Waals surface area (Å²) in [6.07, 6.45) is 3.09. The van der Waals surface area contributed by atoms with Crippen molar-refractivity contribution in [3.63, 3.8) is 0 Å². The van der Waals surface area contributed by atoms with Gasteiger partial charge in [0, 0.05) is 13.0 Å². The Balaban J connectivity index is 2.05. The third-order valence-corrected chi connectivity index (χ3v) is 3.06. The fourth-order valence-electron chi connectivity index (χ4n) is 1.83. The van der Waals surface area contributed by atoms with E-state index < -0.39 is 12.0 Å². The van der Waals surface area contributed by atoms with Gasteiger partial charge in [-0.1, -0.05) is 30.3 Å². The molecule has 1 aromatic carbocycles. The molecule has 0 spiro atoms. The highest BCUT2D eigenvalue weighted by molar-refractivity contribution is 5.76. The van der Waals surface area contributed by atoms with Crippen molar-refractivity contribution in [2.24, 2.45) is 5.73 Å². The lowest BCUT2D eigenvalue weighted by Gasteiger charge is -2.07. The predicted molar refractivity (Wildman–Crippen MR) is 77.2 cm³/mol. The monoisotopic (exact) mass is 278 g/mol. The molecule has 0 heterocycles. The first-order chi connectivity index (χ1) is 9.59. The first-order valence-electron chi connectivity index (χ1n) is 6.88. The van der Waals surface area contributed by atoms with Crippen LogP contribution in [0.3, 0.4) is 0 Å². The minimum Gasteiger partial charge on any atom is -0.480 e. The summed E-state index contributed by atoms with van der Waals surface area (Å²) in [5.74, 6) is -0.951. The van der Waals surface area contributed by atoms with E-state index in [1.807, 2.05) is 30.3 Å². The molecule has 1 aromatic rings. The molecule has 1 amide bonds. The van der Waals surface area contributed by atoms with Gasteiger partial charge in [0.25, 0.3) is 0 Å². The van der Waals surface area contributed by atoms with Gasteiger partial charge in [-0.25, -0.2) is 0 Å². The van der Waals surface area contributed by atoms with Crippen LogP contribution in [-0.2, 0) is 16.0 Å². The Morgan fingerprint density at radius 2 is 1.90 bits per heavy atom. The number of aryl methyl sites for hydroxylation is 1. The van der Waals surface area contributed by atoms with E-state index in [4.69, 9.17) is 10.8 Å². The molecule has 110 valence electrons. The summed E-state index contributed by atoms with van der Waals surface area (Å²) in [5, 5.41) is 11.4. The van der Waals surface area contributed by atoms with Crippen molar-refractivity contribution in [2.75, 3.05) is 6.54 Å². The number of carboxylic acids is 1. The Labute approximate surface area is 119 Å². The smallest absolute Gasteiger partial charge is 0.320 e. The van der Waals surface area contributed by atoms with Crippen LogP contribution in [0, 0.1) is 0 Å². The maximum Gasteiger partial charge on any atom is 0.320 e. The maximum atomic E-state index is 11.6. The number of carbonyl (C=O) groups excluding carboxylic acids is 1. The van der Waals surface area contributed by atoms with Crippen LogP contribution < -0.4 is 11.1 Å². The highest BCUT2D eigenvalue weighted by atomic mass is 16.4. The van der Waals surface area contributed by atoms with Crippen molar-refractivity contribution in [1.82, 2.24) is 5.32 Å². The van der Waals surface area contributed by atoms with E-state index in [1.54, 1.807) is 0 Å². The summed E-state index contributed by atoms with van der Waals surface area (Å²) in [6, 6.07) is 9.06. The number of hydrogen-bond acceptors (Lipinski definition) is 3. The number of hydrogen-bond donors (Lipinski definition) is 3. The van der Waals surface area contributed by atoms with Gasteiger partial charge in [-0.2, -0.15) is 0 Å². The summed E-state index contributed by atoms with van der Waals surface area (Å²) in [5.41, 5.74) is 6.53. The Morgan fingerprint density at radius 1 is 1.20 bits per heavy atom. The van der Waals surface area contributed by atoms with Crippen molar-refractivity contribution in [2.45, 2.75) is 38.1 Å². The van der Waals surface area contributed by atoms with Gasteiger partial charge in [-0.15, -0.1) is 0 Å². The van der Waals surface area contributed by atoms with Gasteiger partial charge in [0.2, 0.25) is 5.91 Å². The standard InChI is InChI=1S/C15H22N2O3/c16-13(15(19)20)8-4-5-11-17-14(18)10-9-12-6-2-1-3-7-12/h1-3,6-7,13H,4-5,8-11,16H2,(H,17,18)(H,19,20)/t13-/m1/s1. The Hall–Kier alpha value is -1.88. The number of unbranched alkanes of at least 4 members (excludes halogenated alkanes) is 1. The summed E-state index contributed by atoms with van der Waals surface area (Å²) >= 11 is 0. The Bertz CT molecular complexity index is 420. The molecular formula is C15H22N2O3. The van der Waals surface area contributed by atoms with Crippen LogP contribution in [0.25, 0.3) is 0 Å². The van der Waals surface area contributed by atoms with Crippen LogP contribution in [0.4, 0.5) is 0 Å². The van der Waals surface area contributed by atoms with Crippen molar-refractivity contribution >= 4 is 11.9 Å². The van der Waals surface area contributed by atoms with Crippen LogP contribution >= 0.6 is 0 Å². The number of nitrogens with two attached hydrogens (primary N) is 1. The van der Waals surface area contributed by atoms with E-state index in [1.165, 1.54) is 0 Å². The second-order valence-electron chi connectivity index (χ2n) is 4.78. The number of aliphatic carboxylic acids is 1. The molecule has 0 aromatic heterocycles.